The Kier molecular flexibility index (Phi) is 13.2. The van der Waals surface area contributed by atoms with Crippen molar-refractivity contribution >= 4 is 46.2 Å². The maximum absolute atomic E-state index is 9.75. The van der Waals surface area contributed by atoms with Crippen LogP contribution in [-0.4, -0.2) is 26.2 Å². The molecule has 0 aliphatic heterocycles. The van der Waals surface area contributed by atoms with Gasteiger partial charge < -0.3 is 26.6 Å². The summed E-state index contributed by atoms with van der Waals surface area (Å²) in [5.41, 5.74) is 13.4. The van der Waals surface area contributed by atoms with Crippen LogP contribution in [0.3, 0.4) is 0 Å². The number of aryl methyl sites for hydroxylation is 2. The predicted octanol–water partition coefficient (Wildman–Crippen LogP) is 9.65. The number of para-hydroxylation sites is 1. The third-order valence-corrected chi connectivity index (χ3v) is 12.1. The van der Waals surface area contributed by atoms with Gasteiger partial charge in [0, 0.05) is 44.1 Å². The van der Waals surface area contributed by atoms with E-state index >= 15 is 0 Å². The molecule has 6 N–H and O–H groups in total. The Labute approximate surface area is 315 Å². The van der Waals surface area contributed by atoms with Gasteiger partial charge in [-0.1, -0.05) is 121 Å². The number of nitrogens with zero attached hydrogens (tertiary/aromatic N) is 2. The molecule has 7 rings (SSSR count). The van der Waals surface area contributed by atoms with Crippen LogP contribution in [0.4, 0.5) is 11.8 Å². The number of hydrogen-bond acceptors (Lipinski definition) is 9. The smallest absolute Gasteiger partial charge is 0.225 e. The quantitative estimate of drug-likeness (QED) is 0.0840. The topological polar surface area (TPSA) is 116 Å². The summed E-state index contributed by atoms with van der Waals surface area (Å²) in [4.78, 5) is 14.2. The highest BCUT2D eigenvalue weighted by molar-refractivity contribution is 7.99. The maximum Gasteiger partial charge on any atom is 0.225 e. The van der Waals surface area contributed by atoms with Gasteiger partial charge in [-0.3, -0.25) is 0 Å². The van der Waals surface area contributed by atoms with E-state index in [2.05, 4.69) is 66.9 Å². The third kappa shape index (κ3) is 9.34. The number of anilines is 2. The summed E-state index contributed by atoms with van der Waals surface area (Å²) in [5.74, 6) is 1.54. The minimum absolute atomic E-state index is 0.0321. The van der Waals surface area contributed by atoms with E-state index in [1.165, 1.54) is 52.2 Å². The molecule has 7 nitrogen and oxygen atoms in total. The number of aliphatic hydroxyl groups is 2. The number of nitrogens with two attached hydrogens (primary N) is 1. The molecule has 0 saturated heterocycles. The highest BCUT2D eigenvalue weighted by Gasteiger charge is 2.18. The Balaban J connectivity index is 0.000000217. The summed E-state index contributed by atoms with van der Waals surface area (Å²) in [6.45, 7) is 5.46. The first-order chi connectivity index (χ1) is 25.5. The molecule has 1 fully saturated rings. The molecule has 1 aliphatic carbocycles. The van der Waals surface area contributed by atoms with Crippen LogP contribution in [0.5, 0.6) is 0 Å². The summed E-state index contributed by atoms with van der Waals surface area (Å²) in [5, 5.41) is 27.3. The van der Waals surface area contributed by atoms with E-state index in [0.29, 0.717) is 25.1 Å². The molecular formula is C43H47N5O2S2. The summed E-state index contributed by atoms with van der Waals surface area (Å²) in [6, 6.07) is 37.1. The molecule has 0 unspecified atom stereocenters. The average Bonchev–Trinajstić information content (AvgIpc) is 3.69. The standard InChI is InChI=1S/C28H30N4OS.C15H17NOS/c1-19-9-8-11-20(26(19)34-25-16-7-2-10-21(25)18-33)17-29-28-31-24-15-6-5-14-23(24)27(32-28)30-22-12-3-4-13-22;1-11-5-4-7-12(9-16)15(11)18-14-8-3-2-6-13(14)10-17/h2,5-11,14-16,22,33H,3-4,12-13,17-18H2,1H3,(H2,29,30,31,32);2-8,17H,9-10,16H2,1H3. The van der Waals surface area contributed by atoms with Crippen LogP contribution in [0.15, 0.2) is 129 Å². The molecular weight excluding hydrogens is 683 g/mol. The highest BCUT2D eigenvalue weighted by atomic mass is 32.2. The largest absolute Gasteiger partial charge is 0.392 e. The van der Waals surface area contributed by atoms with Crippen molar-refractivity contribution in [3.8, 4) is 0 Å². The zero-order chi connectivity index (χ0) is 36.3. The monoisotopic (exact) mass is 729 g/mol. The van der Waals surface area contributed by atoms with Gasteiger partial charge in [0.1, 0.15) is 5.82 Å². The molecule has 1 saturated carbocycles. The van der Waals surface area contributed by atoms with Crippen molar-refractivity contribution in [2.45, 2.75) is 91.5 Å². The normalized spacial score (nSPS) is 12.8. The zero-order valence-electron chi connectivity index (χ0n) is 29.8. The third-order valence-electron chi connectivity index (χ3n) is 9.25. The van der Waals surface area contributed by atoms with Gasteiger partial charge in [0.15, 0.2) is 0 Å². The van der Waals surface area contributed by atoms with Crippen LogP contribution in [0.1, 0.15) is 59.1 Å². The van der Waals surface area contributed by atoms with Crippen molar-refractivity contribution in [3.05, 3.63) is 143 Å². The van der Waals surface area contributed by atoms with Gasteiger partial charge in [-0.15, -0.1) is 0 Å². The SMILES string of the molecule is Cc1cccc(CN)c1Sc1ccccc1CO.Cc1cccc(CNc2nc(NC3CCCC3)c3ccccc3n2)c1Sc1ccccc1CO. The van der Waals surface area contributed by atoms with Crippen LogP contribution in [-0.2, 0) is 26.3 Å². The molecule has 1 aliphatic rings. The van der Waals surface area contributed by atoms with E-state index in [0.717, 1.165) is 43.2 Å². The first-order valence-electron chi connectivity index (χ1n) is 17.8. The van der Waals surface area contributed by atoms with Crippen molar-refractivity contribution in [2.24, 2.45) is 5.73 Å². The molecule has 1 aromatic heterocycles. The maximum atomic E-state index is 9.75. The van der Waals surface area contributed by atoms with Crippen LogP contribution in [0, 0.1) is 13.8 Å². The Hall–Kier alpha value is -4.38. The number of hydrogen-bond donors (Lipinski definition) is 5. The van der Waals surface area contributed by atoms with Crippen molar-refractivity contribution in [1.82, 2.24) is 9.97 Å². The number of nitrogens with one attached hydrogen (secondary N) is 2. The second-order valence-electron chi connectivity index (χ2n) is 13.0. The zero-order valence-corrected chi connectivity index (χ0v) is 31.4. The fourth-order valence-electron chi connectivity index (χ4n) is 6.41. The van der Waals surface area contributed by atoms with Crippen molar-refractivity contribution in [1.29, 1.82) is 0 Å². The van der Waals surface area contributed by atoms with E-state index < -0.39 is 0 Å². The molecule has 268 valence electrons. The molecule has 6 aromatic rings. The fraction of sp³-hybridized carbons (Fsp3) is 0.256. The Morgan fingerprint density at radius 2 is 1.19 bits per heavy atom. The van der Waals surface area contributed by atoms with Crippen molar-refractivity contribution in [3.63, 3.8) is 0 Å². The molecule has 1 heterocycles. The molecule has 0 radical (unpaired) electrons. The number of benzene rings is 5. The summed E-state index contributed by atoms with van der Waals surface area (Å²) in [7, 11) is 0. The molecule has 0 spiro atoms. The lowest BCUT2D eigenvalue weighted by Gasteiger charge is -2.17. The molecule has 0 bridgehead atoms. The summed E-state index contributed by atoms with van der Waals surface area (Å²) in [6.07, 6.45) is 4.94. The van der Waals surface area contributed by atoms with E-state index in [-0.39, 0.29) is 13.2 Å². The van der Waals surface area contributed by atoms with E-state index in [1.807, 2.05) is 66.7 Å². The first-order valence-corrected chi connectivity index (χ1v) is 19.5. The average molecular weight is 730 g/mol. The van der Waals surface area contributed by atoms with Crippen LogP contribution < -0.4 is 16.4 Å². The summed E-state index contributed by atoms with van der Waals surface area (Å²) >= 11 is 3.38. The van der Waals surface area contributed by atoms with Gasteiger partial charge >= 0.3 is 0 Å². The van der Waals surface area contributed by atoms with Gasteiger partial charge in [-0.05, 0) is 84.3 Å². The molecule has 5 aromatic carbocycles. The molecule has 0 atom stereocenters. The van der Waals surface area contributed by atoms with Crippen molar-refractivity contribution < 1.29 is 10.2 Å². The predicted molar refractivity (Wildman–Crippen MR) is 216 cm³/mol. The summed E-state index contributed by atoms with van der Waals surface area (Å²) < 4.78 is 0. The van der Waals surface area contributed by atoms with Gasteiger partial charge in [-0.2, -0.15) is 4.98 Å². The highest BCUT2D eigenvalue weighted by Crippen LogP contribution is 2.37. The molecule has 9 heteroatoms. The first kappa shape index (κ1) is 37.4. The van der Waals surface area contributed by atoms with Crippen LogP contribution >= 0.6 is 23.5 Å². The Bertz CT molecular complexity index is 2100. The van der Waals surface area contributed by atoms with E-state index in [1.54, 1.807) is 23.5 Å². The number of aromatic nitrogens is 2. The molecule has 52 heavy (non-hydrogen) atoms. The van der Waals surface area contributed by atoms with Gasteiger partial charge in [-0.25, -0.2) is 4.98 Å². The van der Waals surface area contributed by atoms with Crippen molar-refractivity contribution in [2.75, 3.05) is 10.6 Å². The Morgan fingerprint density at radius 1 is 0.654 bits per heavy atom. The lowest BCUT2D eigenvalue weighted by Crippen LogP contribution is -2.17. The van der Waals surface area contributed by atoms with Gasteiger partial charge in [0.25, 0.3) is 0 Å². The number of fused-ring (bicyclic) bond motifs is 1. The lowest BCUT2D eigenvalue weighted by molar-refractivity contribution is 0.278. The molecule has 0 amide bonds. The number of rotatable bonds is 12. The number of aliphatic hydroxyl groups excluding tert-OH is 2. The minimum Gasteiger partial charge on any atom is -0.392 e. The Morgan fingerprint density at radius 3 is 1.81 bits per heavy atom. The lowest BCUT2D eigenvalue weighted by atomic mass is 10.1. The van der Waals surface area contributed by atoms with Gasteiger partial charge in [0.05, 0.1) is 18.7 Å². The van der Waals surface area contributed by atoms with E-state index in [9.17, 15) is 10.2 Å². The van der Waals surface area contributed by atoms with Gasteiger partial charge in [0.2, 0.25) is 5.95 Å². The van der Waals surface area contributed by atoms with Crippen LogP contribution in [0.25, 0.3) is 10.9 Å². The minimum atomic E-state index is 0.0321. The van der Waals surface area contributed by atoms with Crippen LogP contribution in [0.2, 0.25) is 0 Å². The second-order valence-corrected chi connectivity index (χ2v) is 15.1. The second kappa shape index (κ2) is 18.4. The van der Waals surface area contributed by atoms with E-state index in [4.69, 9.17) is 15.7 Å². The fourth-order valence-corrected chi connectivity index (χ4v) is 8.68.